The minimum absolute atomic E-state index is 0.122. The Morgan fingerprint density at radius 2 is 1.56 bits per heavy atom. The third-order valence-corrected chi connectivity index (χ3v) is 6.26. The summed E-state index contributed by atoms with van der Waals surface area (Å²) in [5.41, 5.74) is 2.15. The number of ether oxygens (including phenoxy) is 1. The second-order valence-corrected chi connectivity index (χ2v) is 9.55. The fourth-order valence-corrected chi connectivity index (χ4v) is 4.10. The van der Waals surface area contributed by atoms with Gasteiger partial charge in [-0.3, -0.25) is 14.4 Å². The predicted molar refractivity (Wildman–Crippen MR) is 151 cm³/mol. The van der Waals surface area contributed by atoms with E-state index in [1.54, 1.807) is 48.7 Å². The first-order valence-corrected chi connectivity index (χ1v) is 13.3. The maximum atomic E-state index is 13.3. The Morgan fingerprint density at radius 3 is 2.16 bits per heavy atom. The number of aromatic nitrogens is 1. The number of halogens is 3. The van der Waals surface area contributed by atoms with Crippen LogP contribution in [0.1, 0.15) is 37.8 Å². The first-order valence-electron chi connectivity index (χ1n) is 13.3. The number of aliphatic carboxylic acids is 1. The van der Waals surface area contributed by atoms with Crippen molar-refractivity contribution in [1.29, 1.82) is 0 Å². The molecule has 43 heavy (non-hydrogen) atoms. The first kappa shape index (κ1) is 32.6. The number of amides is 2. The van der Waals surface area contributed by atoms with Gasteiger partial charge in [0.15, 0.2) is 0 Å². The fraction of sp³-hybridized carbons (Fsp3) is 0.300. The SMILES string of the molecule is CC(OC(=O)C(F)(F)F)[C@@H](NC(=O)CCCNc1ccccn1)C(=O)NC(CC(=O)O)c1ccc(-c2ccccc2)cc1. The lowest BCUT2D eigenvalue weighted by Crippen LogP contribution is -2.54. The van der Waals surface area contributed by atoms with E-state index in [1.165, 1.54) is 0 Å². The molecule has 0 spiro atoms. The number of nitrogens with zero attached hydrogens (tertiary/aromatic N) is 1. The lowest BCUT2D eigenvalue weighted by Gasteiger charge is -2.27. The number of esters is 1. The summed E-state index contributed by atoms with van der Waals surface area (Å²) < 4.78 is 43.1. The number of rotatable bonds is 14. The van der Waals surface area contributed by atoms with Crippen molar-refractivity contribution in [2.45, 2.75) is 50.6 Å². The molecule has 3 atom stereocenters. The summed E-state index contributed by atoms with van der Waals surface area (Å²) >= 11 is 0. The monoisotopic (exact) mass is 600 g/mol. The molecule has 2 aromatic carbocycles. The normalized spacial score (nSPS) is 13.2. The van der Waals surface area contributed by atoms with E-state index >= 15 is 0 Å². The maximum Gasteiger partial charge on any atom is 0.490 e. The Balaban J connectivity index is 1.73. The van der Waals surface area contributed by atoms with Crippen LogP contribution in [0.15, 0.2) is 79.0 Å². The zero-order chi connectivity index (χ0) is 31.4. The van der Waals surface area contributed by atoms with E-state index < -0.39 is 54.5 Å². The summed E-state index contributed by atoms with van der Waals surface area (Å²) in [7, 11) is 0. The third-order valence-electron chi connectivity index (χ3n) is 6.26. The second kappa shape index (κ2) is 15.3. The van der Waals surface area contributed by atoms with Crippen LogP contribution in [-0.2, 0) is 23.9 Å². The number of carbonyl (C=O) groups excluding carboxylic acids is 3. The van der Waals surface area contributed by atoms with Crippen LogP contribution in [0.4, 0.5) is 19.0 Å². The second-order valence-electron chi connectivity index (χ2n) is 9.55. The van der Waals surface area contributed by atoms with Gasteiger partial charge in [0.05, 0.1) is 12.5 Å². The number of alkyl halides is 3. The minimum Gasteiger partial charge on any atom is -0.481 e. The molecule has 0 aliphatic heterocycles. The van der Waals surface area contributed by atoms with Crippen molar-refractivity contribution in [3.05, 3.63) is 84.6 Å². The molecule has 1 heterocycles. The van der Waals surface area contributed by atoms with Crippen molar-refractivity contribution in [2.75, 3.05) is 11.9 Å². The number of carboxylic acids is 1. The Hall–Kier alpha value is -4.94. The highest BCUT2D eigenvalue weighted by molar-refractivity contribution is 5.89. The summed E-state index contributed by atoms with van der Waals surface area (Å²) in [6.45, 7) is 1.36. The van der Waals surface area contributed by atoms with E-state index in [4.69, 9.17) is 0 Å². The third kappa shape index (κ3) is 10.4. The van der Waals surface area contributed by atoms with E-state index in [2.05, 4.69) is 25.7 Å². The van der Waals surface area contributed by atoms with Crippen molar-refractivity contribution in [2.24, 2.45) is 0 Å². The van der Waals surface area contributed by atoms with Crippen LogP contribution in [0, 0.1) is 0 Å². The molecule has 0 saturated heterocycles. The largest absolute Gasteiger partial charge is 0.490 e. The lowest BCUT2D eigenvalue weighted by molar-refractivity contribution is -0.205. The van der Waals surface area contributed by atoms with Gasteiger partial charge >= 0.3 is 18.1 Å². The van der Waals surface area contributed by atoms with Gasteiger partial charge in [-0.2, -0.15) is 13.2 Å². The molecular formula is C30H31F3N4O6. The summed E-state index contributed by atoms with van der Waals surface area (Å²) in [6, 6.07) is 18.4. The Morgan fingerprint density at radius 1 is 0.907 bits per heavy atom. The zero-order valence-electron chi connectivity index (χ0n) is 23.1. The van der Waals surface area contributed by atoms with Gasteiger partial charge in [0, 0.05) is 19.2 Å². The number of carbonyl (C=O) groups is 4. The minimum atomic E-state index is -5.33. The molecule has 2 amide bonds. The van der Waals surface area contributed by atoms with Crippen LogP contribution in [0.3, 0.4) is 0 Å². The van der Waals surface area contributed by atoms with Crippen molar-refractivity contribution >= 4 is 29.6 Å². The molecule has 10 nitrogen and oxygen atoms in total. The number of pyridine rings is 1. The number of benzene rings is 2. The van der Waals surface area contributed by atoms with Gasteiger partial charge < -0.3 is 25.8 Å². The van der Waals surface area contributed by atoms with Crippen LogP contribution in [-0.4, -0.2) is 58.7 Å². The van der Waals surface area contributed by atoms with Gasteiger partial charge in [-0.15, -0.1) is 0 Å². The Labute approximate surface area is 245 Å². The average Bonchev–Trinajstić information content (AvgIpc) is 2.98. The van der Waals surface area contributed by atoms with Crippen molar-refractivity contribution < 1.29 is 42.2 Å². The van der Waals surface area contributed by atoms with Gasteiger partial charge in [0.2, 0.25) is 11.8 Å². The smallest absolute Gasteiger partial charge is 0.481 e. The van der Waals surface area contributed by atoms with E-state index in [-0.39, 0.29) is 12.8 Å². The highest BCUT2D eigenvalue weighted by Gasteiger charge is 2.43. The topological polar surface area (TPSA) is 147 Å². The fourth-order valence-electron chi connectivity index (χ4n) is 4.10. The molecule has 2 unspecified atom stereocenters. The van der Waals surface area contributed by atoms with Crippen molar-refractivity contribution in [3.63, 3.8) is 0 Å². The molecule has 0 aliphatic rings. The molecule has 3 aromatic rings. The van der Waals surface area contributed by atoms with Gasteiger partial charge in [-0.25, -0.2) is 9.78 Å². The van der Waals surface area contributed by atoms with Crippen LogP contribution in [0.25, 0.3) is 11.1 Å². The molecule has 0 aliphatic carbocycles. The highest BCUT2D eigenvalue weighted by atomic mass is 19.4. The molecule has 1 aromatic heterocycles. The van der Waals surface area contributed by atoms with Crippen LogP contribution < -0.4 is 16.0 Å². The van der Waals surface area contributed by atoms with Crippen LogP contribution >= 0.6 is 0 Å². The average molecular weight is 601 g/mol. The number of carboxylic acid groups (broad SMARTS) is 1. The van der Waals surface area contributed by atoms with Crippen molar-refractivity contribution in [3.8, 4) is 11.1 Å². The summed E-state index contributed by atoms with van der Waals surface area (Å²) in [5, 5.41) is 17.3. The standard InChI is InChI=1S/C30H31F3N4O6/c1-19(43-29(42)30(31,32)33)27(37-25(38)11-7-17-35-24-10-5-6-16-34-24)28(41)36-23(18-26(39)40)22-14-12-21(13-15-22)20-8-3-2-4-9-20/h2-6,8-10,12-16,19,23,27H,7,11,17-18H2,1H3,(H,34,35)(H,36,41)(H,37,38)(H,39,40)/t19?,23?,27-/m1/s1. The van der Waals surface area contributed by atoms with Crippen LogP contribution in [0.5, 0.6) is 0 Å². The number of hydrogen-bond donors (Lipinski definition) is 4. The molecule has 0 saturated carbocycles. The number of nitrogens with one attached hydrogen (secondary N) is 3. The quantitative estimate of drug-likeness (QED) is 0.159. The lowest BCUT2D eigenvalue weighted by atomic mass is 9.98. The van der Waals surface area contributed by atoms with E-state index in [9.17, 15) is 37.5 Å². The maximum absolute atomic E-state index is 13.3. The molecule has 0 bridgehead atoms. The predicted octanol–water partition coefficient (Wildman–Crippen LogP) is 4.25. The van der Waals surface area contributed by atoms with Gasteiger partial charge in [-0.05, 0) is 42.2 Å². The zero-order valence-corrected chi connectivity index (χ0v) is 23.1. The van der Waals surface area contributed by atoms with E-state index in [0.717, 1.165) is 18.1 Å². The number of anilines is 1. The first-order chi connectivity index (χ1) is 20.4. The molecule has 4 N–H and O–H groups in total. The molecule has 0 radical (unpaired) electrons. The summed E-state index contributed by atoms with van der Waals surface area (Å²) in [4.78, 5) is 53.2. The van der Waals surface area contributed by atoms with E-state index in [1.807, 2.05) is 30.3 Å². The molecule has 3 rings (SSSR count). The van der Waals surface area contributed by atoms with Gasteiger partial charge in [0.25, 0.3) is 0 Å². The number of hydrogen-bond acceptors (Lipinski definition) is 7. The summed E-state index contributed by atoms with van der Waals surface area (Å²) in [5.74, 6) is -4.94. The highest BCUT2D eigenvalue weighted by Crippen LogP contribution is 2.24. The van der Waals surface area contributed by atoms with Crippen LogP contribution in [0.2, 0.25) is 0 Å². The molecule has 228 valence electrons. The molecular weight excluding hydrogens is 569 g/mol. The Bertz CT molecular complexity index is 1370. The van der Waals surface area contributed by atoms with Crippen molar-refractivity contribution in [1.82, 2.24) is 15.6 Å². The molecule has 0 fully saturated rings. The molecule has 13 heteroatoms. The van der Waals surface area contributed by atoms with Gasteiger partial charge in [0.1, 0.15) is 18.0 Å². The summed E-state index contributed by atoms with van der Waals surface area (Å²) in [6.07, 6.45) is -5.89. The van der Waals surface area contributed by atoms with Gasteiger partial charge in [-0.1, -0.05) is 60.7 Å². The Kier molecular flexibility index (Phi) is 11.6. The van der Waals surface area contributed by atoms with E-state index in [0.29, 0.717) is 17.9 Å².